The van der Waals surface area contributed by atoms with Gasteiger partial charge in [-0.15, -0.1) is 0 Å². The Kier molecular flexibility index (Phi) is 2.65. The summed E-state index contributed by atoms with van der Waals surface area (Å²) in [5, 5.41) is 22.9. The number of hydrogen-bond donors (Lipinski definition) is 3. The summed E-state index contributed by atoms with van der Waals surface area (Å²) in [6.45, 7) is 0.504. The summed E-state index contributed by atoms with van der Waals surface area (Å²) in [7, 11) is 0. The molecule has 2 atom stereocenters. The Morgan fingerprint density at radius 1 is 1.14 bits per heavy atom. The maximum atomic E-state index is 14.0. The predicted molar refractivity (Wildman–Crippen MR) is 74.8 cm³/mol. The molecule has 0 spiro atoms. The van der Waals surface area contributed by atoms with E-state index in [0.29, 0.717) is 12.1 Å². The van der Waals surface area contributed by atoms with Gasteiger partial charge in [0.15, 0.2) is 11.5 Å². The summed E-state index contributed by atoms with van der Waals surface area (Å²) in [6.07, 6.45) is 4.70. The van der Waals surface area contributed by atoms with Crippen molar-refractivity contribution in [1.82, 2.24) is 10.3 Å². The monoisotopic (exact) mass is 286 g/mol. The molecular weight excluding hydrogens is 271 g/mol. The number of phenols is 2. The molecule has 0 saturated carbocycles. The molecule has 0 unspecified atom stereocenters. The standard InChI is InChI=1S/C16H15FN2O2/c17-12-7-18-5-11-10(12)6-19-13-2-1-8-3-14(20)15(21)4-9(8)16(11)13/h3-5,7,13,16,19-21H,1-2,6H2/t13-,16+/m1/s1. The molecule has 1 aromatic carbocycles. The molecule has 21 heavy (non-hydrogen) atoms. The summed E-state index contributed by atoms with van der Waals surface area (Å²) in [6, 6.07) is 3.42. The Balaban J connectivity index is 1.93. The third-order valence-corrected chi connectivity index (χ3v) is 4.61. The topological polar surface area (TPSA) is 65.4 Å². The summed E-state index contributed by atoms with van der Waals surface area (Å²) in [4.78, 5) is 3.99. The SMILES string of the molecule is Oc1cc2c(cc1O)[C@H]1c3cncc(F)c3CN[C@@H]1CC2. The minimum absolute atomic E-state index is 0.0350. The number of hydrogen-bond acceptors (Lipinski definition) is 4. The zero-order chi connectivity index (χ0) is 14.6. The van der Waals surface area contributed by atoms with Crippen LogP contribution in [0.1, 0.15) is 34.6 Å². The van der Waals surface area contributed by atoms with E-state index in [-0.39, 0.29) is 29.3 Å². The normalized spacial score (nSPS) is 23.1. The van der Waals surface area contributed by atoms with Crippen molar-refractivity contribution < 1.29 is 14.6 Å². The first-order valence-corrected chi connectivity index (χ1v) is 7.05. The molecule has 4 nitrogen and oxygen atoms in total. The molecule has 108 valence electrons. The highest BCUT2D eigenvalue weighted by atomic mass is 19.1. The molecule has 1 aromatic heterocycles. The molecule has 5 heteroatoms. The Bertz CT molecular complexity index is 732. The number of nitrogens with one attached hydrogen (secondary N) is 1. The van der Waals surface area contributed by atoms with Crippen molar-refractivity contribution in [2.45, 2.75) is 31.3 Å². The van der Waals surface area contributed by atoms with Crippen LogP contribution in [0.5, 0.6) is 11.5 Å². The van der Waals surface area contributed by atoms with Gasteiger partial charge in [0, 0.05) is 30.3 Å². The van der Waals surface area contributed by atoms with Gasteiger partial charge in [-0.25, -0.2) is 4.39 Å². The lowest BCUT2D eigenvalue weighted by Crippen LogP contribution is -2.43. The van der Waals surface area contributed by atoms with Crippen LogP contribution in [0.3, 0.4) is 0 Å². The maximum absolute atomic E-state index is 14.0. The van der Waals surface area contributed by atoms with Crippen LogP contribution >= 0.6 is 0 Å². The van der Waals surface area contributed by atoms with Crippen molar-refractivity contribution in [2.24, 2.45) is 0 Å². The van der Waals surface area contributed by atoms with E-state index in [9.17, 15) is 14.6 Å². The van der Waals surface area contributed by atoms with Crippen LogP contribution < -0.4 is 5.32 Å². The van der Waals surface area contributed by atoms with Crippen molar-refractivity contribution >= 4 is 0 Å². The van der Waals surface area contributed by atoms with Gasteiger partial charge in [0.05, 0.1) is 6.20 Å². The molecule has 2 heterocycles. The molecule has 1 aliphatic heterocycles. The first-order valence-electron chi connectivity index (χ1n) is 7.05. The molecule has 0 bridgehead atoms. The number of rotatable bonds is 0. The highest BCUT2D eigenvalue weighted by molar-refractivity contribution is 5.52. The van der Waals surface area contributed by atoms with Crippen molar-refractivity contribution in [1.29, 1.82) is 0 Å². The molecule has 4 rings (SSSR count). The lowest BCUT2D eigenvalue weighted by molar-refractivity contribution is 0.374. The number of fused-ring (bicyclic) bond motifs is 5. The van der Waals surface area contributed by atoms with E-state index in [1.165, 1.54) is 6.20 Å². The second kappa shape index (κ2) is 4.43. The fraction of sp³-hybridized carbons (Fsp3) is 0.312. The van der Waals surface area contributed by atoms with Crippen molar-refractivity contribution in [3.8, 4) is 11.5 Å². The third-order valence-electron chi connectivity index (χ3n) is 4.61. The van der Waals surface area contributed by atoms with Crippen molar-refractivity contribution in [3.05, 3.63) is 52.6 Å². The number of benzene rings is 1. The predicted octanol–water partition coefficient (Wildman–Crippen LogP) is 2.18. The van der Waals surface area contributed by atoms with Gasteiger partial charge in [0.1, 0.15) is 5.82 Å². The number of pyridine rings is 1. The number of nitrogens with zero attached hydrogens (tertiary/aromatic N) is 1. The van der Waals surface area contributed by atoms with Gasteiger partial charge in [0.2, 0.25) is 0 Å². The van der Waals surface area contributed by atoms with Gasteiger partial charge < -0.3 is 15.5 Å². The Hall–Kier alpha value is -2.14. The lowest BCUT2D eigenvalue weighted by Gasteiger charge is -2.39. The van der Waals surface area contributed by atoms with E-state index < -0.39 is 0 Å². The Morgan fingerprint density at radius 3 is 2.81 bits per heavy atom. The molecule has 2 aromatic rings. The number of aromatic nitrogens is 1. The van der Waals surface area contributed by atoms with Gasteiger partial charge in [-0.2, -0.15) is 0 Å². The van der Waals surface area contributed by atoms with Gasteiger partial charge >= 0.3 is 0 Å². The van der Waals surface area contributed by atoms with Crippen LogP contribution in [0.25, 0.3) is 0 Å². The van der Waals surface area contributed by atoms with Crippen molar-refractivity contribution in [3.63, 3.8) is 0 Å². The average molecular weight is 286 g/mol. The fourth-order valence-corrected chi connectivity index (χ4v) is 3.61. The summed E-state index contributed by atoms with van der Waals surface area (Å²) < 4.78 is 14.0. The summed E-state index contributed by atoms with van der Waals surface area (Å²) in [5.41, 5.74) is 3.48. The Labute approximate surface area is 121 Å². The summed E-state index contributed by atoms with van der Waals surface area (Å²) in [5.74, 6) is -0.569. The molecule has 2 aliphatic rings. The molecule has 0 saturated heterocycles. The molecular formula is C16H15FN2O2. The third kappa shape index (κ3) is 1.81. The van der Waals surface area contributed by atoms with E-state index in [0.717, 1.165) is 29.5 Å². The smallest absolute Gasteiger partial charge is 0.157 e. The summed E-state index contributed by atoms with van der Waals surface area (Å²) >= 11 is 0. The zero-order valence-corrected chi connectivity index (χ0v) is 11.3. The van der Waals surface area contributed by atoms with E-state index in [2.05, 4.69) is 10.3 Å². The maximum Gasteiger partial charge on any atom is 0.157 e. The molecule has 1 aliphatic carbocycles. The number of halogens is 1. The van der Waals surface area contributed by atoms with Crippen LogP contribution in [0.15, 0.2) is 24.5 Å². The van der Waals surface area contributed by atoms with Crippen LogP contribution in [0, 0.1) is 5.82 Å². The van der Waals surface area contributed by atoms with Gasteiger partial charge in [-0.05, 0) is 41.7 Å². The highest BCUT2D eigenvalue weighted by Gasteiger charge is 2.36. The lowest BCUT2D eigenvalue weighted by atomic mass is 9.73. The largest absolute Gasteiger partial charge is 0.504 e. The van der Waals surface area contributed by atoms with E-state index in [4.69, 9.17) is 0 Å². The second-order valence-electron chi connectivity index (χ2n) is 5.73. The number of aromatic hydroxyl groups is 2. The van der Waals surface area contributed by atoms with Gasteiger partial charge in [0.25, 0.3) is 0 Å². The van der Waals surface area contributed by atoms with E-state index in [1.807, 2.05) is 0 Å². The molecule has 3 N–H and O–H groups in total. The van der Waals surface area contributed by atoms with Crippen LogP contribution in [-0.2, 0) is 13.0 Å². The first kappa shape index (κ1) is 12.6. The minimum Gasteiger partial charge on any atom is -0.504 e. The van der Waals surface area contributed by atoms with Crippen molar-refractivity contribution in [2.75, 3.05) is 0 Å². The minimum atomic E-state index is -0.298. The molecule has 0 amide bonds. The van der Waals surface area contributed by atoms with Crippen LogP contribution in [0.4, 0.5) is 4.39 Å². The molecule has 0 fully saturated rings. The van der Waals surface area contributed by atoms with E-state index >= 15 is 0 Å². The average Bonchev–Trinajstić information content (AvgIpc) is 2.48. The van der Waals surface area contributed by atoms with Crippen LogP contribution in [-0.4, -0.2) is 21.2 Å². The van der Waals surface area contributed by atoms with E-state index in [1.54, 1.807) is 18.3 Å². The number of phenolic OH excluding ortho intramolecular Hbond substituents is 2. The zero-order valence-electron chi connectivity index (χ0n) is 11.3. The second-order valence-corrected chi connectivity index (χ2v) is 5.73. The van der Waals surface area contributed by atoms with Gasteiger partial charge in [-0.3, -0.25) is 4.98 Å². The van der Waals surface area contributed by atoms with Crippen LogP contribution in [0.2, 0.25) is 0 Å². The van der Waals surface area contributed by atoms with Gasteiger partial charge in [-0.1, -0.05) is 0 Å². The Morgan fingerprint density at radius 2 is 1.95 bits per heavy atom. The first-order chi connectivity index (χ1) is 10.1. The fourth-order valence-electron chi connectivity index (χ4n) is 3.61. The quantitative estimate of drug-likeness (QED) is 0.649. The molecule has 0 radical (unpaired) electrons. The number of aryl methyl sites for hydroxylation is 1. The highest BCUT2D eigenvalue weighted by Crippen LogP contribution is 2.44.